The number of thiazole rings is 1. The molecule has 3 aromatic rings. The predicted octanol–water partition coefficient (Wildman–Crippen LogP) is 4.30. The lowest BCUT2D eigenvalue weighted by Crippen LogP contribution is -2.31. The van der Waals surface area contributed by atoms with E-state index in [0.29, 0.717) is 5.92 Å². The summed E-state index contributed by atoms with van der Waals surface area (Å²) in [7, 11) is 0. The Morgan fingerprint density at radius 1 is 1.29 bits per heavy atom. The van der Waals surface area contributed by atoms with E-state index < -0.39 is 0 Å². The predicted molar refractivity (Wildman–Crippen MR) is 97.5 cm³/mol. The van der Waals surface area contributed by atoms with Gasteiger partial charge in [-0.25, -0.2) is 4.98 Å². The fourth-order valence-electron chi connectivity index (χ4n) is 2.38. The van der Waals surface area contributed by atoms with Gasteiger partial charge in [-0.1, -0.05) is 13.8 Å². The standard InChI is InChI=1S/C18H21N3O2S/c1-11(2)18-21-14-7-6-13(9-16(14)24-18)19-10-17(22)20-12(3)15-5-4-8-23-15/h4-9,11-12,19H,10H2,1-3H3,(H,20,22). The number of nitrogens with zero attached hydrogens (tertiary/aromatic N) is 1. The minimum Gasteiger partial charge on any atom is -0.467 e. The largest absolute Gasteiger partial charge is 0.467 e. The van der Waals surface area contributed by atoms with Crippen LogP contribution in [0.2, 0.25) is 0 Å². The molecule has 0 fully saturated rings. The Bertz CT molecular complexity index is 824. The summed E-state index contributed by atoms with van der Waals surface area (Å²) in [5.74, 6) is 1.09. The van der Waals surface area contributed by atoms with Crippen LogP contribution < -0.4 is 10.6 Å². The summed E-state index contributed by atoms with van der Waals surface area (Å²) in [4.78, 5) is 16.7. The first-order valence-electron chi connectivity index (χ1n) is 8.00. The number of anilines is 1. The second kappa shape index (κ2) is 7.05. The molecule has 6 heteroatoms. The number of benzene rings is 1. The summed E-state index contributed by atoms with van der Waals surface area (Å²) in [6.07, 6.45) is 1.60. The molecule has 0 aliphatic carbocycles. The maximum Gasteiger partial charge on any atom is 0.239 e. The lowest BCUT2D eigenvalue weighted by molar-refractivity contribution is -0.120. The Labute approximate surface area is 145 Å². The van der Waals surface area contributed by atoms with Crippen LogP contribution in [-0.2, 0) is 4.79 Å². The topological polar surface area (TPSA) is 67.2 Å². The average molecular weight is 343 g/mol. The number of furan rings is 1. The van der Waals surface area contributed by atoms with Gasteiger partial charge in [0.1, 0.15) is 5.76 Å². The van der Waals surface area contributed by atoms with Gasteiger partial charge in [-0.2, -0.15) is 0 Å². The highest BCUT2D eigenvalue weighted by molar-refractivity contribution is 7.18. The first kappa shape index (κ1) is 16.5. The molecule has 0 aliphatic rings. The van der Waals surface area contributed by atoms with Crippen molar-refractivity contribution in [2.24, 2.45) is 0 Å². The lowest BCUT2D eigenvalue weighted by Gasteiger charge is -2.12. The first-order chi connectivity index (χ1) is 11.5. The minimum absolute atomic E-state index is 0.0776. The second-order valence-electron chi connectivity index (χ2n) is 6.05. The summed E-state index contributed by atoms with van der Waals surface area (Å²) >= 11 is 1.70. The zero-order chi connectivity index (χ0) is 17.1. The fraction of sp³-hybridized carbons (Fsp3) is 0.333. The molecule has 2 heterocycles. The maximum absolute atomic E-state index is 12.1. The van der Waals surface area contributed by atoms with Crippen molar-refractivity contribution in [2.75, 3.05) is 11.9 Å². The monoisotopic (exact) mass is 343 g/mol. The number of amides is 1. The van der Waals surface area contributed by atoms with Crippen LogP contribution in [0, 0.1) is 0 Å². The van der Waals surface area contributed by atoms with Gasteiger partial charge < -0.3 is 15.1 Å². The molecule has 126 valence electrons. The van der Waals surface area contributed by atoms with E-state index in [1.807, 2.05) is 37.3 Å². The Kier molecular flexibility index (Phi) is 4.85. The minimum atomic E-state index is -0.146. The molecule has 1 aromatic carbocycles. The number of carbonyl (C=O) groups is 1. The first-order valence-corrected chi connectivity index (χ1v) is 8.81. The number of aromatic nitrogens is 1. The quantitative estimate of drug-likeness (QED) is 0.700. The molecule has 5 nitrogen and oxygen atoms in total. The summed E-state index contributed by atoms with van der Waals surface area (Å²) in [6, 6.07) is 9.50. The number of nitrogens with one attached hydrogen (secondary N) is 2. The van der Waals surface area contributed by atoms with E-state index in [0.717, 1.165) is 26.7 Å². The van der Waals surface area contributed by atoms with Gasteiger partial charge in [0.05, 0.1) is 34.1 Å². The molecular formula is C18H21N3O2S. The molecule has 1 atom stereocenters. The Morgan fingerprint density at radius 2 is 2.12 bits per heavy atom. The molecule has 2 aromatic heterocycles. The molecule has 0 saturated heterocycles. The fourth-order valence-corrected chi connectivity index (χ4v) is 3.39. The van der Waals surface area contributed by atoms with Crippen molar-refractivity contribution in [3.63, 3.8) is 0 Å². The summed E-state index contributed by atoms with van der Waals surface area (Å²) in [6.45, 7) is 6.39. The van der Waals surface area contributed by atoms with E-state index in [2.05, 4.69) is 29.5 Å². The van der Waals surface area contributed by atoms with Gasteiger partial charge >= 0.3 is 0 Å². The molecule has 0 aliphatic heterocycles. The van der Waals surface area contributed by atoms with Crippen molar-refractivity contribution >= 4 is 33.1 Å². The van der Waals surface area contributed by atoms with E-state index in [1.165, 1.54) is 0 Å². The third kappa shape index (κ3) is 3.76. The maximum atomic E-state index is 12.1. The smallest absolute Gasteiger partial charge is 0.239 e. The van der Waals surface area contributed by atoms with Crippen LogP contribution in [0.1, 0.15) is 43.5 Å². The van der Waals surface area contributed by atoms with Crippen molar-refractivity contribution < 1.29 is 9.21 Å². The molecule has 0 saturated carbocycles. The summed E-state index contributed by atoms with van der Waals surface area (Å²) < 4.78 is 6.42. The molecule has 0 radical (unpaired) electrons. The third-order valence-electron chi connectivity index (χ3n) is 3.70. The van der Waals surface area contributed by atoms with E-state index in [-0.39, 0.29) is 18.5 Å². The lowest BCUT2D eigenvalue weighted by atomic mass is 10.2. The molecule has 0 bridgehead atoms. The van der Waals surface area contributed by atoms with Gasteiger partial charge in [0.25, 0.3) is 0 Å². The number of fused-ring (bicyclic) bond motifs is 1. The van der Waals surface area contributed by atoms with Crippen LogP contribution in [0.5, 0.6) is 0 Å². The molecule has 0 spiro atoms. The zero-order valence-electron chi connectivity index (χ0n) is 14.0. The molecule has 1 amide bonds. The molecule has 1 unspecified atom stereocenters. The highest BCUT2D eigenvalue weighted by Gasteiger charge is 2.12. The van der Waals surface area contributed by atoms with E-state index in [4.69, 9.17) is 4.42 Å². The van der Waals surface area contributed by atoms with Crippen molar-refractivity contribution in [1.82, 2.24) is 10.3 Å². The van der Waals surface area contributed by atoms with E-state index >= 15 is 0 Å². The normalized spacial score (nSPS) is 12.5. The van der Waals surface area contributed by atoms with Crippen LogP contribution in [0.15, 0.2) is 41.0 Å². The van der Waals surface area contributed by atoms with Crippen LogP contribution in [0.3, 0.4) is 0 Å². The SMILES string of the molecule is CC(C)c1nc2ccc(NCC(=O)NC(C)c3ccco3)cc2s1. The summed E-state index contributed by atoms with van der Waals surface area (Å²) in [5.41, 5.74) is 1.92. The number of rotatable bonds is 6. The average Bonchev–Trinajstić information content (AvgIpc) is 3.21. The van der Waals surface area contributed by atoms with E-state index in [1.54, 1.807) is 17.6 Å². The van der Waals surface area contributed by atoms with Crippen LogP contribution in [0.4, 0.5) is 5.69 Å². The third-order valence-corrected chi connectivity index (χ3v) is 5.02. The van der Waals surface area contributed by atoms with Crippen molar-refractivity contribution in [3.8, 4) is 0 Å². The highest BCUT2D eigenvalue weighted by Crippen LogP contribution is 2.29. The van der Waals surface area contributed by atoms with Gasteiger partial charge in [-0.05, 0) is 37.3 Å². The Hall–Kier alpha value is -2.34. The Balaban J connectivity index is 1.59. The van der Waals surface area contributed by atoms with Gasteiger partial charge in [0.15, 0.2) is 0 Å². The van der Waals surface area contributed by atoms with Crippen molar-refractivity contribution in [1.29, 1.82) is 0 Å². The highest BCUT2D eigenvalue weighted by atomic mass is 32.1. The molecule has 24 heavy (non-hydrogen) atoms. The van der Waals surface area contributed by atoms with Gasteiger partial charge in [-0.3, -0.25) is 4.79 Å². The van der Waals surface area contributed by atoms with Crippen LogP contribution >= 0.6 is 11.3 Å². The van der Waals surface area contributed by atoms with Crippen molar-refractivity contribution in [3.05, 3.63) is 47.4 Å². The van der Waals surface area contributed by atoms with Crippen LogP contribution in [0.25, 0.3) is 10.2 Å². The van der Waals surface area contributed by atoms with Gasteiger partial charge in [0.2, 0.25) is 5.91 Å². The van der Waals surface area contributed by atoms with E-state index in [9.17, 15) is 4.79 Å². The van der Waals surface area contributed by atoms with Crippen molar-refractivity contribution in [2.45, 2.75) is 32.7 Å². The molecular weight excluding hydrogens is 322 g/mol. The second-order valence-corrected chi connectivity index (χ2v) is 7.11. The van der Waals surface area contributed by atoms with Gasteiger partial charge in [0, 0.05) is 11.6 Å². The molecule has 3 rings (SSSR count). The van der Waals surface area contributed by atoms with Gasteiger partial charge in [-0.15, -0.1) is 11.3 Å². The van der Waals surface area contributed by atoms with Crippen LogP contribution in [-0.4, -0.2) is 17.4 Å². The number of hydrogen-bond donors (Lipinski definition) is 2. The number of hydrogen-bond acceptors (Lipinski definition) is 5. The zero-order valence-corrected chi connectivity index (χ0v) is 14.8. The Morgan fingerprint density at radius 3 is 2.83 bits per heavy atom. The summed E-state index contributed by atoms with van der Waals surface area (Å²) in [5, 5.41) is 7.20. The number of carbonyl (C=O) groups excluding carboxylic acids is 1. The molecule has 2 N–H and O–H groups in total.